The van der Waals surface area contributed by atoms with E-state index in [0.29, 0.717) is 23.1 Å². The summed E-state index contributed by atoms with van der Waals surface area (Å²) in [7, 11) is 0. The number of benzene rings is 2. The normalized spacial score (nSPS) is 10.5. The number of aromatic nitrogens is 2. The highest BCUT2D eigenvalue weighted by Gasteiger charge is 2.09. The number of anilines is 2. The zero-order valence-electron chi connectivity index (χ0n) is 15.2. The van der Waals surface area contributed by atoms with Crippen molar-refractivity contribution in [1.29, 1.82) is 0 Å². The lowest BCUT2D eigenvalue weighted by molar-refractivity contribution is 0.0918. The van der Waals surface area contributed by atoms with E-state index in [2.05, 4.69) is 28.3 Å². The molecule has 0 aliphatic carbocycles. The van der Waals surface area contributed by atoms with E-state index in [4.69, 9.17) is 4.74 Å². The van der Waals surface area contributed by atoms with Gasteiger partial charge in [0, 0.05) is 23.0 Å². The molecule has 0 radical (unpaired) electrons. The quantitative estimate of drug-likeness (QED) is 0.625. The van der Waals surface area contributed by atoms with E-state index in [9.17, 15) is 9.18 Å². The summed E-state index contributed by atoms with van der Waals surface area (Å²) in [6.45, 7) is 3.73. The minimum atomic E-state index is -0.387. The Hall–Kier alpha value is -3.28. The number of ether oxygens (including phenoxy) is 1. The van der Waals surface area contributed by atoms with Gasteiger partial charge in [0.1, 0.15) is 5.82 Å². The van der Waals surface area contributed by atoms with Crippen molar-refractivity contribution in [1.82, 2.24) is 9.97 Å². The summed E-state index contributed by atoms with van der Waals surface area (Å²) >= 11 is 0. The summed E-state index contributed by atoms with van der Waals surface area (Å²) in [5.74, 6) is 0.0535. The number of halogens is 1. The molecule has 138 valence electrons. The predicted molar refractivity (Wildman–Crippen MR) is 102 cm³/mol. The van der Waals surface area contributed by atoms with Gasteiger partial charge in [0.05, 0.1) is 0 Å². The van der Waals surface area contributed by atoms with Crippen LogP contribution in [0.5, 0.6) is 5.88 Å². The minimum absolute atomic E-state index is 0.188. The lowest BCUT2D eigenvalue weighted by Gasteiger charge is -2.10. The van der Waals surface area contributed by atoms with Crippen LogP contribution in [0.3, 0.4) is 0 Å². The van der Waals surface area contributed by atoms with Crippen LogP contribution in [0.4, 0.5) is 16.0 Å². The Labute approximate surface area is 157 Å². The van der Waals surface area contributed by atoms with E-state index in [-0.39, 0.29) is 18.2 Å². The molecule has 3 rings (SSSR count). The number of nitrogens with one attached hydrogen (secondary N) is 1. The Morgan fingerprint density at radius 2 is 1.89 bits per heavy atom. The van der Waals surface area contributed by atoms with Crippen LogP contribution >= 0.6 is 0 Å². The van der Waals surface area contributed by atoms with Gasteiger partial charge in [-0.05, 0) is 55.3 Å². The first kappa shape index (κ1) is 18.5. The second-order valence-electron chi connectivity index (χ2n) is 6.07. The number of nitrogens with zero attached hydrogens (tertiary/aromatic N) is 2. The molecule has 0 fully saturated rings. The van der Waals surface area contributed by atoms with Crippen LogP contribution < -0.4 is 10.1 Å². The van der Waals surface area contributed by atoms with Gasteiger partial charge in [0.2, 0.25) is 11.8 Å². The summed E-state index contributed by atoms with van der Waals surface area (Å²) in [5.41, 5.74) is 3.18. The lowest BCUT2D eigenvalue weighted by atomic mass is 10.1. The molecule has 0 saturated carbocycles. The number of hydrogen-bond acceptors (Lipinski definition) is 5. The van der Waals surface area contributed by atoms with Crippen molar-refractivity contribution in [2.45, 2.75) is 20.3 Å². The van der Waals surface area contributed by atoms with Gasteiger partial charge in [-0.2, -0.15) is 4.98 Å². The topological polar surface area (TPSA) is 64.1 Å². The highest BCUT2D eigenvalue weighted by Crippen LogP contribution is 2.18. The Kier molecular flexibility index (Phi) is 5.76. The Balaban J connectivity index is 1.69. The number of ketones is 1. The average molecular weight is 365 g/mol. The monoisotopic (exact) mass is 365 g/mol. The molecule has 1 aromatic heterocycles. The molecule has 3 aromatic rings. The molecule has 0 unspecified atom stereocenters. The van der Waals surface area contributed by atoms with Crippen molar-refractivity contribution in [3.63, 3.8) is 0 Å². The zero-order valence-corrected chi connectivity index (χ0v) is 15.2. The summed E-state index contributed by atoms with van der Waals surface area (Å²) in [5, 5.41) is 3.16. The van der Waals surface area contributed by atoms with Gasteiger partial charge in [-0.3, -0.25) is 4.79 Å². The van der Waals surface area contributed by atoms with E-state index in [1.807, 2.05) is 25.1 Å². The zero-order chi connectivity index (χ0) is 19.2. The van der Waals surface area contributed by atoms with Gasteiger partial charge in [0.25, 0.3) is 0 Å². The highest BCUT2D eigenvalue weighted by molar-refractivity contribution is 5.97. The molecule has 0 aliphatic rings. The van der Waals surface area contributed by atoms with E-state index < -0.39 is 0 Å². The highest BCUT2D eigenvalue weighted by atomic mass is 19.1. The third-order valence-corrected chi connectivity index (χ3v) is 3.94. The third-order valence-electron chi connectivity index (χ3n) is 3.94. The molecular formula is C21H20FN3O2. The van der Waals surface area contributed by atoms with Crippen molar-refractivity contribution < 1.29 is 13.9 Å². The molecule has 0 aliphatic heterocycles. The van der Waals surface area contributed by atoms with Crippen LogP contribution in [-0.4, -0.2) is 22.4 Å². The van der Waals surface area contributed by atoms with Crippen LogP contribution in [-0.2, 0) is 6.42 Å². The van der Waals surface area contributed by atoms with Gasteiger partial charge in [-0.15, -0.1) is 0 Å². The number of hydrogen-bond donors (Lipinski definition) is 1. The third kappa shape index (κ3) is 5.10. The molecule has 27 heavy (non-hydrogen) atoms. The fourth-order valence-corrected chi connectivity index (χ4v) is 2.53. The SMILES string of the molecule is CCc1cccc(Nc2nc(C)cc(OCC(=O)c3ccc(F)cc3)n2)c1. The van der Waals surface area contributed by atoms with Crippen LogP contribution in [0.25, 0.3) is 0 Å². The number of carbonyl (C=O) groups is 1. The Bertz CT molecular complexity index is 942. The van der Waals surface area contributed by atoms with Gasteiger partial charge in [-0.25, -0.2) is 9.37 Å². The van der Waals surface area contributed by atoms with Crippen molar-refractivity contribution in [3.8, 4) is 5.88 Å². The molecule has 0 bridgehead atoms. The van der Waals surface area contributed by atoms with Gasteiger partial charge >= 0.3 is 0 Å². The Morgan fingerprint density at radius 1 is 1.11 bits per heavy atom. The van der Waals surface area contributed by atoms with Crippen molar-refractivity contribution >= 4 is 17.4 Å². The van der Waals surface area contributed by atoms with Crippen LogP contribution in [0, 0.1) is 12.7 Å². The molecule has 6 heteroatoms. The molecule has 1 N–H and O–H groups in total. The molecule has 5 nitrogen and oxygen atoms in total. The van der Waals surface area contributed by atoms with E-state index in [0.717, 1.165) is 12.1 Å². The first-order chi connectivity index (χ1) is 13.0. The maximum absolute atomic E-state index is 12.9. The average Bonchev–Trinajstić information content (AvgIpc) is 2.66. The molecule has 0 atom stereocenters. The summed E-state index contributed by atoms with van der Waals surface area (Å²) in [4.78, 5) is 20.8. The number of rotatable bonds is 7. The minimum Gasteiger partial charge on any atom is -0.469 e. The Morgan fingerprint density at radius 3 is 2.63 bits per heavy atom. The van der Waals surface area contributed by atoms with Crippen LogP contribution in [0.15, 0.2) is 54.6 Å². The maximum Gasteiger partial charge on any atom is 0.230 e. The number of Topliss-reactive ketones (excluding diaryl/α,β-unsaturated/α-hetero) is 1. The summed E-state index contributed by atoms with van der Waals surface area (Å²) in [6, 6.07) is 15.0. The molecule has 0 amide bonds. The van der Waals surface area contributed by atoms with Crippen LogP contribution in [0.1, 0.15) is 28.5 Å². The fraction of sp³-hybridized carbons (Fsp3) is 0.190. The van der Waals surface area contributed by atoms with E-state index in [1.165, 1.54) is 29.8 Å². The number of carbonyl (C=O) groups excluding carboxylic acids is 1. The molecule has 0 spiro atoms. The lowest BCUT2D eigenvalue weighted by Crippen LogP contribution is -2.13. The van der Waals surface area contributed by atoms with Gasteiger partial charge in [-0.1, -0.05) is 19.1 Å². The smallest absolute Gasteiger partial charge is 0.230 e. The van der Waals surface area contributed by atoms with Crippen molar-refractivity contribution in [2.75, 3.05) is 11.9 Å². The van der Waals surface area contributed by atoms with Gasteiger partial charge < -0.3 is 10.1 Å². The molecule has 1 heterocycles. The summed E-state index contributed by atoms with van der Waals surface area (Å²) in [6.07, 6.45) is 0.935. The van der Waals surface area contributed by atoms with E-state index in [1.54, 1.807) is 6.07 Å². The molecular weight excluding hydrogens is 345 g/mol. The maximum atomic E-state index is 12.9. The van der Waals surface area contributed by atoms with Crippen LogP contribution in [0.2, 0.25) is 0 Å². The van der Waals surface area contributed by atoms with Crippen molar-refractivity contribution in [2.24, 2.45) is 0 Å². The first-order valence-corrected chi connectivity index (χ1v) is 8.66. The summed E-state index contributed by atoms with van der Waals surface area (Å²) < 4.78 is 18.5. The first-order valence-electron chi connectivity index (χ1n) is 8.66. The standard InChI is InChI=1S/C21H20FN3O2/c1-3-15-5-4-6-18(12-15)24-21-23-14(2)11-20(25-21)27-13-19(26)16-7-9-17(22)10-8-16/h4-12H,3,13H2,1-2H3,(H,23,24,25). The molecule has 0 saturated heterocycles. The number of aryl methyl sites for hydroxylation is 2. The van der Waals surface area contributed by atoms with Gasteiger partial charge in [0.15, 0.2) is 12.4 Å². The van der Waals surface area contributed by atoms with Crippen molar-refractivity contribution in [3.05, 3.63) is 77.2 Å². The second-order valence-corrected chi connectivity index (χ2v) is 6.07. The fourth-order valence-electron chi connectivity index (χ4n) is 2.53. The predicted octanol–water partition coefficient (Wildman–Crippen LogP) is 4.49. The largest absolute Gasteiger partial charge is 0.469 e. The van der Waals surface area contributed by atoms with E-state index >= 15 is 0 Å². The second kappa shape index (κ2) is 8.40. The molecule has 2 aromatic carbocycles.